The van der Waals surface area contributed by atoms with E-state index in [1.165, 1.54) is 6.92 Å². The van der Waals surface area contributed by atoms with Crippen LogP contribution in [0.25, 0.3) is 27.9 Å². The first-order chi connectivity index (χ1) is 13.6. The number of benzene rings is 2. The Morgan fingerprint density at radius 3 is 2.46 bits per heavy atom. The summed E-state index contributed by atoms with van der Waals surface area (Å²) in [7, 11) is 0. The monoisotopic (exact) mass is 390 g/mol. The summed E-state index contributed by atoms with van der Waals surface area (Å²) in [4.78, 5) is 12.0. The van der Waals surface area contributed by atoms with Crippen molar-refractivity contribution in [2.45, 2.75) is 20.3 Å². The van der Waals surface area contributed by atoms with E-state index in [2.05, 4.69) is 6.92 Å². The molecule has 4 nitrogen and oxygen atoms in total. The van der Waals surface area contributed by atoms with Gasteiger partial charge in [-0.15, -0.1) is 0 Å². The quantitative estimate of drug-likeness (QED) is 0.413. The van der Waals surface area contributed by atoms with Crippen LogP contribution in [0.1, 0.15) is 19.5 Å². The molecule has 2 heterocycles. The minimum absolute atomic E-state index is 0.395. The Hall–Kier alpha value is -3.11. The van der Waals surface area contributed by atoms with E-state index in [1.54, 1.807) is 0 Å². The fourth-order valence-corrected chi connectivity index (χ4v) is 3.57. The molecule has 140 valence electrons. The van der Waals surface area contributed by atoms with Crippen molar-refractivity contribution in [1.29, 1.82) is 0 Å². The lowest BCUT2D eigenvalue weighted by Gasteiger charge is -2.17. The molecule has 0 atom stereocenters. The Morgan fingerprint density at radius 1 is 1.04 bits per heavy atom. The summed E-state index contributed by atoms with van der Waals surface area (Å²) in [5, 5.41) is 5.46. The zero-order valence-corrected chi connectivity index (χ0v) is 16.4. The summed E-state index contributed by atoms with van der Waals surface area (Å²) >= 11 is 6.26. The van der Waals surface area contributed by atoms with Crippen LogP contribution < -0.4 is 4.74 Å². The molecule has 2 aromatic heterocycles. The average molecular weight is 391 g/mol. The van der Waals surface area contributed by atoms with E-state index in [-0.39, 0.29) is 0 Å². The van der Waals surface area contributed by atoms with E-state index >= 15 is 0 Å². The van der Waals surface area contributed by atoms with Crippen molar-refractivity contribution in [2.24, 2.45) is 0 Å². The van der Waals surface area contributed by atoms with Gasteiger partial charge in [0.1, 0.15) is 5.69 Å². The molecule has 0 aliphatic heterocycles. The third kappa shape index (κ3) is 3.27. The SMILES string of the molecule is CCc1ccc2c(-c3cccc(Cl)c3)c(OC(C)=O)c(-c3ccccc3)nn12. The van der Waals surface area contributed by atoms with Gasteiger partial charge in [-0.05, 0) is 36.2 Å². The van der Waals surface area contributed by atoms with Crippen LogP contribution in [-0.2, 0) is 11.2 Å². The van der Waals surface area contributed by atoms with Gasteiger partial charge in [0.2, 0.25) is 0 Å². The summed E-state index contributed by atoms with van der Waals surface area (Å²) in [5.74, 6) is 0.0445. The number of fused-ring (bicyclic) bond motifs is 1. The second-order valence-corrected chi connectivity index (χ2v) is 6.93. The molecule has 5 heteroatoms. The van der Waals surface area contributed by atoms with Crippen LogP contribution in [0, 0.1) is 0 Å². The van der Waals surface area contributed by atoms with Gasteiger partial charge >= 0.3 is 5.97 Å². The summed E-state index contributed by atoms with van der Waals surface area (Å²) in [6, 6.07) is 21.3. The van der Waals surface area contributed by atoms with Crippen LogP contribution in [0.3, 0.4) is 0 Å². The number of aromatic nitrogens is 2. The molecular formula is C23H19ClN2O2. The second-order valence-electron chi connectivity index (χ2n) is 6.50. The fourth-order valence-electron chi connectivity index (χ4n) is 3.38. The molecule has 0 unspecified atom stereocenters. The van der Waals surface area contributed by atoms with Gasteiger partial charge in [-0.2, -0.15) is 5.10 Å². The zero-order chi connectivity index (χ0) is 19.7. The van der Waals surface area contributed by atoms with Gasteiger partial charge in [-0.3, -0.25) is 4.79 Å². The van der Waals surface area contributed by atoms with Gasteiger partial charge in [-0.1, -0.05) is 61.0 Å². The predicted molar refractivity (Wildman–Crippen MR) is 112 cm³/mol. The Balaban J connectivity index is 2.14. The highest BCUT2D eigenvalue weighted by Crippen LogP contribution is 2.41. The van der Waals surface area contributed by atoms with Crippen molar-refractivity contribution < 1.29 is 9.53 Å². The number of halogens is 1. The molecule has 0 aliphatic carbocycles. The van der Waals surface area contributed by atoms with Crippen LogP contribution >= 0.6 is 11.6 Å². The molecule has 28 heavy (non-hydrogen) atoms. The van der Waals surface area contributed by atoms with Gasteiger partial charge < -0.3 is 4.74 Å². The van der Waals surface area contributed by atoms with E-state index in [0.29, 0.717) is 16.5 Å². The third-order valence-corrected chi connectivity index (χ3v) is 4.84. The van der Waals surface area contributed by atoms with Crippen molar-refractivity contribution in [3.05, 3.63) is 77.4 Å². The van der Waals surface area contributed by atoms with Crippen LogP contribution in [-0.4, -0.2) is 15.6 Å². The molecule has 4 rings (SSSR count). The lowest BCUT2D eigenvalue weighted by molar-refractivity contribution is -0.131. The number of aryl methyl sites for hydroxylation is 1. The molecule has 0 saturated carbocycles. The topological polar surface area (TPSA) is 43.6 Å². The number of carbonyl (C=O) groups excluding carboxylic acids is 1. The molecule has 4 aromatic rings. The molecule has 0 radical (unpaired) electrons. The molecular weight excluding hydrogens is 372 g/mol. The maximum Gasteiger partial charge on any atom is 0.308 e. The molecule has 0 aliphatic rings. The molecule has 0 fully saturated rings. The highest BCUT2D eigenvalue weighted by molar-refractivity contribution is 6.30. The summed E-state index contributed by atoms with van der Waals surface area (Å²) in [5.41, 5.74) is 5.10. The van der Waals surface area contributed by atoms with Crippen LogP contribution in [0.2, 0.25) is 5.02 Å². The average Bonchev–Trinajstić information content (AvgIpc) is 3.10. The fraction of sp³-hybridized carbons (Fsp3) is 0.130. The molecule has 0 spiro atoms. The van der Waals surface area contributed by atoms with E-state index < -0.39 is 5.97 Å². The molecule has 0 bridgehead atoms. The normalized spacial score (nSPS) is 11.0. The number of rotatable bonds is 4. The van der Waals surface area contributed by atoms with Crippen molar-refractivity contribution in [2.75, 3.05) is 0 Å². The number of nitrogens with zero attached hydrogens (tertiary/aromatic N) is 2. The molecule has 2 aromatic carbocycles. The van der Waals surface area contributed by atoms with E-state index in [0.717, 1.165) is 34.3 Å². The van der Waals surface area contributed by atoms with Gasteiger partial charge in [0.25, 0.3) is 0 Å². The number of carbonyl (C=O) groups is 1. The third-order valence-electron chi connectivity index (χ3n) is 4.60. The van der Waals surface area contributed by atoms with E-state index in [1.807, 2.05) is 71.2 Å². The van der Waals surface area contributed by atoms with Crippen molar-refractivity contribution >= 4 is 23.1 Å². The predicted octanol–water partition coefficient (Wildman–Crippen LogP) is 5.81. The lowest BCUT2D eigenvalue weighted by Crippen LogP contribution is -2.09. The smallest absolute Gasteiger partial charge is 0.308 e. The summed E-state index contributed by atoms with van der Waals surface area (Å²) in [6.07, 6.45) is 0.831. The Bertz CT molecular complexity index is 1170. The van der Waals surface area contributed by atoms with E-state index in [4.69, 9.17) is 21.4 Å². The largest absolute Gasteiger partial charge is 0.424 e. The number of hydrogen-bond donors (Lipinski definition) is 0. The van der Waals surface area contributed by atoms with Gasteiger partial charge in [0.15, 0.2) is 5.75 Å². The van der Waals surface area contributed by atoms with Crippen molar-refractivity contribution in [1.82, 2.24) is 9.61 Å². The Kier molecular flexibility index (Phi) is 4.88. The van der Waals surface area contributed by atoms with Crippen LogP contribution in [0.4, 0.5) is 0 Å². The van der Waals surface area contributed by atoms with Crippen molar-refractivity contribution in [3.63, 3.8) is 0 Å². The number of hydrogen-bond acceptors (Lipinski definition) is 3. The highest BCUT2D eigenvalue weighted by Gasteiger charge is 2.22. The van der Waals surface area contributed by atoms with E-state index in [9.17, 15) is 4.79 Å². The minimum Gasteiger partial charge on any atom is -0.424 e. The first-order valence-electron chi connectivity index (χ1n) is 9.13. The molecule has 0 amide bonds. The summed E-state index contributed by atoms with van der Waals surface area (Å²) in [6.45, 7) is 3.49. The Morgan fingerprint density at radius 2 is 1.79 bits per heavy atom. The Labute approximate surface area is 168 Å². The summed E-state index contributed by atoms with van der Waals surface area (Å²) < 4.78 is 7.64. The van der Waals surface area contributed by atoms with Gasteiger partial charge in [-0.25, -0.2) is 4.52 Å². The lowest BCUT2D eigenvalue weighted by atomic mass is 10.0. The molecule has 0 N–H and O–H groups in total. The van der Waals surface area contributed by atoms with Gasteiger partial charge in [0, 0.05) is 23.2 Å². The minimum atomic E-state index is -0.395. The number of esters is 1. The second kappa shape index (κ2) is 7.49. The maximum atomic E-state index is 12.0. The first kappa shape index (κ1) is 18.3. The van der Waals surface area contributed by atoms with Crippen molar-refractivity contribution in [3.8, 4) is 28.1 Å². The standard InChI is InChI=1S/C23H19ClN2O2/c1-3-19-12-13-20-21(17-10-7-11-18(24)14-17)23(28-15(2)27)22(25-26(19)20)16-8-5-4-6-9-16/h4-14H,3H2,1-2H3. The maximum absolute atomic E-state index is 12.0. The highest BCUT2D eigenvalue weighted by atomic mass is 35.5. The first-order valence-corrected chi connectivity index (χ1v) is 9.50. The van der Waals surface area contributed by atoms with Gasteiger partial charge in [0.05, 0.1) is 11.1 Å². The van der Waals surface area contributed by atoms with Crippen LogP contribution in [0.5, 0.6) is 5.75 Å². The number of ether oxygens (including phenoxy) is 1. The van der Waals surface area contributed by atoms with Crippen LogP contribution in [0.15, 0.2) is 66.7 Å². The molecule has 0 saturated heterocycles. The zero-order valence-electron chi connectivity index (χ0n) is 15.6.